The van der Waals surface area contributed by atoms with Crippen molar-refractivity contribution in [1.29, 1.82) is 0 Å². The topological polar surface area (TPSA) is 43.9 Å². The third kappa shape index (κ3) is 5.26. The van der Waals surface area contributed by atoms with Crippen molar-refractivity contribution in [2.75, 3.05) is 38.1 Å². The van der Waals surface area contributed by atoms with Gasteiger partial charge in [-0.15, -0.1) is 11.3 Å². The molecule has 2 amide bonds. The molecule has 0 radical (unpaired) electrons. The van der Waals surface area contributed by atoms with Gasteiger partial charge in [0.2, 0.25) is 5.91 Å². The highest BCUT2D eigenvalue weighted by Crippen LogP contribution is 2.24. The molecule has 0 N–H and O–H groups in total. The lowest BCUT2D eigenvalue weighted by molar-refractivity contribution is -0.132. The van der Waals surface area contributed by atoms with Gasteiger partial charge in [-0.2, -0.15) is 0 Å². The molecule has 2 aromatic carbocycles. The van der Waals surface area contributed by atoms with E-state index in [1.165, 1.54) is 11.3 Å². The zero-order valence-corrected chi connectivity index (χ0v) is 19.5. The highest BCUT2D eigenvalue weighted by Gasteiger charge is 2.21. The van der Waals surface area contributed by atoms with E-state index < -0.39 is 0 Å². The number of nitrogens with zero attached hydrogens (tertiary/aromatic N) is 3. The van der Waals surface area contributed by atoms with Gasteiger partial charge in [0.15, 0.2) is 0 Å². The first-order valence-corrected chi connectivity index (χ1v) is 11.8. The number of carbonyl (C=O) groups is 2. The van der Waals surface area contributed by atoms with E-state index in [2.05, 4.69) is 31.0 Å². The Labute approximate surface area is 193 Å². The zero-order valence-electron chi connectivity index (χ0n) is 18.7. The van der Waals surface area contributed by atoms with Gasteiger partial charge in [-0.05, 0) is 54.2 Å². The van der Waals surface area contributed by atoms with Crippen molar-refractivity contribution in [3.05, 3.63) is 87.6 Å². The molecule has 1 aliphatic rings. The van der Waals surface area contributed by atoms with Crippen LogP contribution in [0.1, 0.15) is 26.4 Å². The van der Waals surface area contributed by atoms with E-state index in [1.54, 1.807) is 0 Å². The molecule has 0 atom stereocenters. The summed E-state index contributed by atoms with van der Waals surface area (Å²) in [5.41, 5.74) is 4.08. The van der Waals surface area contributed by atoms with E-state index >= 15 is 0 Å². The van der Waals surface area contributed by atoms with Crippen molar-refractivity contribution >= 4 is 28.8 Å². The predicted molar refractivity (Wildman–Crippen MR) is 130 cm³/mol. The van der Waals surface area contributed by atoms with Gasteiger partial charge in [0.25, 0.3) is 5.91 Å². The molecule has 3 aromatic rings. The SMILES string of the molecule is Cc1ccccc1CN(C(=O)c1cccs1)c1ccc(CC(=O)N2CCN(C)CC2)cc1. The van der Waals surface area contributed by atoms with Crippen LogP contribution in [0.25, 0.3) is 0 Å². The Morgan fingerprint density at radius 1 is 0.938 bits per heavy atom. The largest absolute Gasteiger partial charge is 0.340 e. The maximum atomic E-state index is 13.3. The average molecular weight is 448 g/mol. The van der Waals surface area contributed by atoms with E-state index in [4.69, 9.17) is 0 Å². The number of aryl methyl sites for hydroxylation is 1. The molecule has 0 saturated carbocycles. The Balaban J connectivity index is 1.51. The number of carbonyl (C=O) groups excluding carboxylic acids is 2. The van der Waals surface area contributed by atoms with Gasteiger partial charge < -0.3 is 14.7 Å². The second-order valence-corrected chi connectivity index (χ2v) is 9.27. The van der Waals surface area contributed by atoms with Crippen LogP contribution in [-0.4, -0.2) is 54.8 Å². The Bertz CT molecular complexity index is 1050. The maximum Gasteiger partial charge on any atom is 0.268 e. The van der Waals surface area contributed by atoms with Crippen molar-refractivity contribution in [3.63, 3.8) is 0 Å². The van der Waals surface area contributed by atoms with Crippen molar-refractivity contribution in [2.24, 2.45) is 0 Å². The summed E-state index contributed by atoms with van der Waals surface area (Å²) >= 11 is 1.45. The van der Waals surface area contributed by atoms with Crippen LogP contribution in [0.3, 0.4) is 0 Å². The standard InChI is InChI=1S/C26H29N3O2S/c1-20-6-3-4-7-22(20)19-29(26(31)24-8-5-17-32-24)23-11-9-21(10-12-23)18-25(30)28-15-13-27(2)14-16-28/h3-12,17H,13-16,18-19H2,1-2H3. The minimum absolute atomic E-state index is 0.00971. The summed E-state index contributed by atoms with van der Waals surface area (Å²) < 4.78 is 0. The number of thiophene rings is 1. The molecule has 1 aromatic heterocycles. The fourth-order valence-corrected chi connectivity index (χ4v) is 4.58. The Morgan fingerprint density at radius 2 is 1.66 bits per heavy atom. The quantitative estimate of drug-likeness (QED) is 0.568. The number of likely N-dealkylation sites (N-methyl/N-ethyl adjacent to an activating group) is 1. The second kappa shape index (κ2) is 10.1. The number of amides is 2. The molecule has 4 rings (SSSR count). The number of anilines is 1. The van der Waals surface area contributed by atoms with E-state index in [0.717, 1.165) is 48.6 Å². The molecule has 6 heteroatoms. The van der Waals surface area contributed by atoms with Crippen LogP contribution in [0, 0.1) is 6.92 Å². The van der Waals surface area contributed by atoms with Gasteiger partial charge in [0, 0.05) is 31.9 Å². The summed E-state index contributed by atoms with van der Waals surface area (Å²) in [7, 11) is 2.08. The van der Waals surface area contributed by atoms with Crippen LogP contribution in [0.4, 0.5) is 5.69 Å². The molecule has 5 nitrogen and oxygen atoms in total. The molecule has 166 valence electrons. The summed E-state index contributed by atoms with van der Waals surface area (Å²) in [5.74, 6) is 0.154. The van der Waals surface area contributed by atoms with Crippen LogP contribution in [0.5, 0.6) is 0 Å². The lowest BCUT2D eigenvalue weighted by Gasteiger charge is -2.32. The van der Waals surface area contributed by atoms with Crippen molar-refractivity contribution in [2.45, 2.75) is 19.9 Å². The molecular weight excluding hydrogens is 418 g/mol. The van der Waals surface area contributed by atoms with E-state index in [1.807, 2.05) is 63.7 Å². The van der Waals surface area contributed by atoms with Crippen LogP contribution in [0.15, 0.2) is 66.0 Å². The number of piperazine rings is 1. The summed E-state index contributed by atoms with van der Waals surface area (Å²) in [6.07, 6.45) is 0.390. The third-order valence-corrected chi connectivity index (χ3v) is 6.88. The van der Waals surface area contributed by atoms with Gasteiger partial charge in [0.1, 0.15) is 0 Å². The fourth-order valence-electron chi connectivity index (χ4n) is 3.91. The number of hydrogen-bond donors (Lipinski definition) is 0. The van der Waals surface area contributed by atoms with E-state index in [0.29, 0.717) is 17.8 Å². The molecule has 1 fully saturated rings. The molecule has 1 aliphatic heterocycles. The molecule has 0 spiro atoms. The molecule has 0 aliphatic carbocycles. The third-order valence-electron chi connectivity index (χ3n) is 6.03. The summed E-state index contributed by atoms with van der Waals surface area (Å²) in [4.78, 5) is 32.7. The van der Waals surface area contributed by atoms with Gasteiger partial charge in [-0.25, -0.2) is 0 Å². The first-order valence-electron chi connectivity index (χ1n) is 11.0. The van der Waals surface area contributed by atoms with Gasteiger partial charge in [0.05, 0.1) is 17.8 Å². The van der Waals surface area contributed by atoms with Crippen LogP contribution in [-0.2, 0) is 17.8 Å². The maximum absolute atomic E-state index is 13.3. The molecule has 2 heterocycles. The number of rotatable bonds is 6. The average Bonchev–Trinajstić information content (AvgIpc) is 3.34. The molecule has 1 saturated heterocycles. The van der Waals surface area contributed by atoms with Crippen molar-refractivity contribution < 1.29 is 9.59 Å². The normalized spacial score (nSPS) is 14.4. The lowest BCUT2D eigenvalue weighted by Crippen LogP contribution is -2.47. The Kier molecular flexibility index (Phi) is 7.02. The molecule has 0 unspecified atom stereocenters. The van der Waals surface area contributed by atoms with Gasteiger partial charge in [-0.1, -0.05) is 42.5 Å². The highest BCUT2D eigenvalue weighted by atomic mass is 32.1. The van der Waals surface area contributed by atoms with E-state index in [-0.39, 0.29) is 11.8 Å². The van der Waals surface area contributed by atoms with Crippen LogP contribution in [0.2, 0.25) is 0 Å². The smallest absolute Gasteiger partial charge is 0.268 e. The first-order chi connectivity index (χ1) is 15.5. The molecule has 32 heavy (non-hydrogen) atoms. The lowest BCUT2D eigenvalue weighted by atomic mass is 10.1. The predicted octanol–water partition coefficient (Wildman–Crippen LogP) is 4.22. The van der Waals surface area contributed by atoms with Crippen LogP contribution >= 0.6 is 11.3 Å². The highest BCUT2D eigenvalue weighted by molar-refractivity contribution is 7.12. The summed E-state index contributed by atoms with van der Waals surface area (Å²) in [5, 5.41) is 1.92. The Morgan fingerprint density at radius 3 is 2.31 bits per heavy atom. The number of hydrogen-bond acceptors (Lipinski definition) is 4. The second-order valence-electron chi connectivity index (χ2n) is 8.32. The molecular formula is C26H29N3O2S. The van der Waals surface area contributed by atoms with Crippen molar-refractivity contribution in [1.82, 2.24) is 9.80 Å². The monoisotopic (exact) mass is 447 g/mol. The number of benzene rings is 2. The fraction of sp³-hybridized carbons (Fsp3) is 0.308. The minimum atomic E-state index is -0.00971. The summed E-state index contributed by atoms with van der Waals surface area (Å²) in [6.45, 7) is 5.98. The molecule has 0 bridgehead atoms. The Hall–Kier alpha value is -2.96. The minimum Gasteiger partial charge on any atom is -0.340 e. The zero-order chi connectivity index (χ0) is 22.5. The van der Waals surface area contributed by atoms with E-state index in [9.17, 15) is 9.59 Å². The van der Waals surface area contributed by atoms with Gasteiger partial charge in [-0.3, -0.25) is 9.59 Å². The first kappa shape index (κ1) is 22.2. The van der Waals surface area contributed by atoms with Crippen molar-refractivity contribution in [3.8, 4) is 0 Å². The summed E-state index contributed by atoms with van der Waals surface area (Å²) in [6, 6.07) is 19.7. The van der Waals surface area contributed by atoms with Crippen LogP contribution < -0.4 is 4.90 Å². The van der Waals surface area contributed by atoms with Gasteiger partial charge >= 0.3 is 0 Å².